The van der Waals surface area contributed by atoms with Gasteiger partial charge in [-0.15, -0.1) is 11.3 Å². The fourth-order valence-electron chi connectivity index (χ4n) is 2.09. The zero-order valence-corrected chi connectivity index (χ0v) is 16.1. The molecule has 0 aliphatic heterocycles. The summed E-state index contributed by atoms with van der Waals surface area (Å²) in [5.41, 5.74) is 3.09. The first-order valence-electron chi connectivity index (χ1n) is 8.17. The van der Waals surface area contributed by atoms with E-state index >= 15 is 0 Å². The number of ether oxygens (including phenoxy) is 2. The predicted octanol–water partition coefficient (Wildman–Crippen LogP) is 4.15. The molecule has 1 amide bonds. The third kappa shape index (κ3) is 5.67. The summed E-state index contributed by atoms with van der Waals surface area (Å²) in [6.45, 7) is -0.210. The Morgan fingerprint density at radius 3 is 2.57 bits per heavy atom. The van der Waals surface area contributed by atoms with E-state index in [4.69, 9.17) is 21.1 Å². The first-order valence-corrected chi connectivity index (χ1v) is 9.42. The molecule has 0 radical (unpaired) electrons. The summed E-state index contributed by atoms with van der Waals surface area (Å²) in [6.07, 6.45) is 1.47. The number of hydrogen-bond donors (Lipinski definition) is 1. The van der Waals surface area contributed by atoms with Gasteiger partial charge in [0.05, 0.1) is 11.2 Å². The van der Waals surface area contributed by atoms with Crippen molar-refractivity contribution in [1.29, 1.82) is 0 Å². The number of carbonyl (C=O) groups is 2. The van der Waals surface area contributed by atoms with Crippen LogP contribution in [0.15, 0.2) is 71.1 Å². The van der Waals surface area contributed by atoms with Crippen LogP contribution in [0.5, 0.6) is 11.5 Å². The van der Waals surface area contributed by atoms with Crippen molar-refractivity contribution in [1.82, 2.24) is 5.43 Å². The Kier molecular flexibility index (Phi) is 6.78. The molecule has 1 aromatic heterocycles. The largest absolute Gasteiger partial charge is 0.482 e. The molecule has 3 rings (SSSR count). The summed E-state index contributed by atoms with van der Waals surface area (Å²) in [5, 5.41) is 6.10. The van der Waals surface area contributed by atoms with Crippen molar-refractivity contribution in [2.75, 3.05) is 6.61 Å². The van der Waals surface area contributed by atoms with Crippen LogP contribution < -0.4 is 14.9 Å². The van der Waals surface area contributed by atoms with Gasteiger partial charge in [0.15, 0.2) is 6.61 Å². The number of esters is 1. The van der Waals surface area contributed by atoms with E-state index < -0.39 is 11.9 Å². The normalized spacial score (nSPS) is 10.6. The molecule has 0 saturated heterocycles. The lowest BCUT2D eigenvalue weighted by Crippen LogP contribution is -2.24. The van der Waals surface area contributed by atoms with Gasteiger partial charge in [-0.1, -0.05) is 29.8 Å². The summed E-state index contributed by atoms with van der Waals surface area (Å²) < 4.78 is 10.6. The summed E-state index contributed by atoms with van der Waals surface area (Å²) >= 11 is 7.27. The topological polar surface area (TPSA) is 77.0 Å². The number of nitrogens with one attached hydrogen (secondary N) is 1. The van der Waals surface area contributed by atoms with Crippen LogP contribution in [0.25, 0.3) is 0 Å². The van der Waals surface area contributed by atoms with Gasteiger partial charge in [-0.25, -0.2) is 10.2 Å². The van der Waals surface area contributed by atoms with Crippen LogP contribution in [0.3, 0.4) is 0 Å². The lowest BCUT2D eigenvalue weighted by Gasteiger charge is -2.06. The molecular weight excluding hydrogens is 400 g/mol. The highest BCUT2D eigenvalue weighted by Crippen LogP contribution is 2.22. The second-order valence-electron chi connectivity index (χ2n) is 5.45. The Morgan fingerprint density at radius 2 is 1.86 bits per heavy atom. The molecule has 0 aliphatic carbocycles. The Hall–Kier alpha value is -3.16. The molecule has 2 aromatic carbocycles. The van der Waals surface area contributed by atoms with Crippen molar-refractivity contribution >= 4 is 41.0 Å². The van der Waals surface area contributed by atoms with Crippen molar-refractivity contribution in [2.24, 2.45) is 5.10 Å². The number of halogens is 1. The Balaban J connectivity index is 1.46. The highest BCUT2D eigenvalue weighted by atomic mass is 35.5. The van der Waals surface area contributed by atoms with Crippen LogP contribution >= 0.6 is 22.9 Å². The molecular formula is C20H15ClN2O4S. The van der Waals surface area contributed by atoms with Gasteiger partial charge in [0.1, 0.15) is 16.4 Å². The molecule has 1 N–H and O–H groups in total. The van der Waals surface area contributed by atoms with Crippen molar-refractivity contribution in [3.8, 4) is 11.5 Å². The van der Waals surface area contributed by atoms with Gasteiger partial charge in [0.25, 0.3) is 5.91 Å². The third-order valence-electron chi connectivity index (χ3n) is 3.41. The van der Waals surface area contributed by atoms with Gasteiger partial charge in [-0.05, 0) is 53.4 Å². The molecule has 3 aromatic rings. The lowest BCUT2D eigenvalue weighted by molar-refractivity contribution is -0.123. The van der Waals surface area contributed by atoms with Gasteiger partial charge >= 0.3 is 5.97 Å². The quantitative estimate of drug-likeness (QED) is 0.273. The second-order valence-corrected chi connectivity index (χ2v) is 6.80. The second kappa shape index (κ2) is 9.68. The molecule has 6 nitrogen and oxygen atoms in total. The third-order valence-corrected chi connectivity index (χ3v) is 4.57. The highest BCUT2D eigenvalue weighted by Gasteiger charge is 2.09. The monoisotopic (exact) mass is 414 g/mol. The first-order chi connectivity index (χ1) is 13.6. The standard InChI is InChI=1S/C20H15ClN2O4S/c21-16-4-1-2-5-17(16)26-13-19(24)23-22-12-14-7-9-15(10-8-14)27-20(25)18-6-3-11-28-18/h1-12H,13H2,(H,23,24)/b22-12-. The molecule has 0 fully saturated rings. The molecule has 0 atom stereocenters. The van der Waals surface area contributed by atoms with E-state index in [0.29, 0.717) is 21.4 Å². The van der Waals surface area contributed by atoms with Crippen molar-refractivity contribution in [3.05, 3.63) is 81.5 Å². The fraction of sp³-hybridized carbons (Fsp3) is 0.0500. The summed E-state index contributed by atoms with van der Waals surface area (Å²) in [5.74, 6) is 0.0311. The van der Waals surface area contributed by atoms with Crippen molar-refractivity contribution < 1.29 is 19.1 Å². The van der Waals surface area contributed by atoms with Gasteiger partial charge in [-0.3, -0.25) is 4.79 Å². The maximum absolute atomic E-state index is 11.9. The van der Waals surface area contributed by atoms with Crippen LogP contribution in [0.4, 0.5) is 0 Å². The molecule has 0 unspecified atom stereocenters. The minimum absolute atomic E-state index is 0.210. The van der Waals surface area contributed by atoms with E-state index in [1.165, 1.54) is 17.6 Å². The highest BCUT2D eigenvalue weighted by molar-refractivity contribution is 7.12. The van der Waals surface area contributed by atoms with Crippen molar-refractivity contribution in [3.63, 3.8) is 0 Å². The maximum atomic E-state index is 11.9. The fourth-order valence-corrected chi connectivity index (χ4v) is 2.88. The minimum Gasteiger partial charge on any atom is -0.482 e. The predicted molar refractivity (Wildman–Crippen MR) is 108 cm³/mol. The number of carbonyl (C=O) groups excluding carboxylic acids is 2. The van der Waals surface area contributed by atoms with E-state index in [1.54, 1.807) is 60.7 Å². The van der Waals surface area contributed by atoms with Gasteiger partial charge in [-0.2, -0.15) is 5.10 Å². The Labute approximate surface area is 170 Å². The number of hydrazone groups is 1. The van der Waals surface area contributed by atoms with Crippen LogP contribution in [0.1, 0.15) is 15.2 Å². The molecule has 8 heteroatoms. The van der Waals surface area contributed by atoms with E-state index in [2.05, 4.69) is 10.5 Å². The van der Waals surface area contributed by atoms with Gasteiger partial charge in [0.2, 0.25) is 0 Å². The summed E-state index contributed by atoms with van der Waals surface area (Å²) in [4.78, 5) is 24.2. The number of benzene rings is 2. The van der Waals surface area contributed by atoms with Crippen molar-refractivity contribution in [2.45, 2.75) is 0 Å². The lowest BCUT2D eigenvalue weighted by atomic mass is 10.2. The van der Waals surface area contributed by atoms with E-state index in [1.807, 2.05) is 5.38 Å². The van der Waals surface area contributed by atoms with E-state index in [0.717, 1.165) is 5.56 Å². The molecule has 142 valence electrons. The number of para-hydroxylation sites is 1. The van der Waals surface area contributed by atoms with E-state index in [-0.39, 0.29) is 6.61 Å². The number of hydrogen-bond acceptors (Lipinski definition) is 6. The van der Waals surface area contributed by atoms with Crippen LogP contribution in [0.2, 0.25) is 5.02 Å². The zero-order valence-electron chi connectivity index (χ0n) is 14.5. The molecule has 0 aliphatic rings. The van der Waals surface area contributed by atoms with Crippen LogP contribution in [0, 0.1) is 0 Å². The number of rotatable bonds is 7. The van der Waals surface area contributed by atoms with Crippen LogP contribution in [-0.2, 0) is 4.79 Å². The van der Waals surface area contributed by atoms with Crippen LogP contribution in [-0.4, -0.2) is 24.7 Å². The van der Waals surface area contributed by atoms with Gasteiger partial charge < -0.3 is 9.47 Å². The average molecular weight is 415 g/mol. The molecule has 0 bridgehead atoms. The molecule has 1 heterocycles. The number of nitrogens with zero attached hydrogens (tertiary/aromatic N) is 1. The van der Waals surface area contributed by atoms with Gasteiger partial charge in [0, 0.05) is 0 Å². The number of amides is 1. The molecule has 0 saturated carbocycles. The first kappa shape index (κ1) is 19.6. The zero-order chi connectivity index (χ0) is 19.8. The smallest absolute Gasteiger partial charge is 0.353 e. The number of thiophene rings is 1. The summed E-state index contributed by atoms with van der Waals surface area (Å²) in [6, 6.07) is 17.1. The average Bonchev–Trinajstić information content (AvgIpc) is 3.24. The molecule has 0 spiro atoms. The maximum Gasteiger partial charge on any atom is 0.353 e. The Morgan fingerprint density at radius 1 is 1.07 bits per heavy atom. The Bertz CT molecular complexity index is 972. The minimum atomic E-state index is -0.419. The SMILES string of the molecule is O=C(COc1ccccc1Cl)N/N=C\c1ccc(OC(=O)c2cccs2)cc1. The molecule has 28 heavy (non-hydrogen) atoms. The summed E-state index contributed by atoms with van der Waals surface area (Å²) in [7, 11) is 0. The van der Waals surface area contributed by atoms with E-state index in [9.17, 15) is 9.59 Å².